The second-order valence-electron chi connectivity index (χ2n) is 3.41. The number of ether oxygens (including phenoxy) is 1. The lowest BCUT2D eigenvalue weighted by atomic mass is 10.1. The summed E-state index contributed by atoms with van der Waals surface area (Å²) in [5, 5.41) is 8.80. The highest BCUT2D eigenvalue weighted by atomic mass is 35.5. The Kier molecular flexibility index (Phi) is 5.90. The van der Waals surface area contributed by atoms with Gasteiger partial charge in [-0.15, -0.1) is 11.6 Å². The van der Waals surface area contributed by atoms with Crippen LogP contribution in [0.3, 0.4) is 0 Å². The molecular formula is C12H15ClO3. The van der Waals surface area contributed by atoms with Crippen LogP contribution in [-0.4, -0.2) is 23.6 Å². The highest BCUT2D eigenvalue weighted by Crippen LogP contribution is 2.21. The molecule has 0 heterocycles. The average Bonchev–Trinajstić information content (AvgIpc) is 2.29. The number of aliphatic carboxylic acids is 1. The Morgan fingerprint density at radius 1 is 1.38 bits per heavy atom. The van der Waals surface area contributed by atoms with E-state index in [-0.39, 0.29) is 12.5 Å². The molecule has 1 aromatic rings. The summed E-state index contributed by atoms with van der Waals surface area (Å²) in [6, 6.07) is 9.37. The Hall–Kier alpha value is -1.06. The van der Waals surface area contributed by atoms with Crippen LogP contribution < -0.4 is 0 Å². The number of hydrogen-bond acceptors (Lipinski definition) is 2. The van der Waals surface area contributed by atoms with Gasteiger partial charge in [-0.1, -0.05) is 30.3 Å². The maximum absolute atomic E-state index is 10.7. The first-order valence-corrected chi connectivity index (χ1v) is 5.72. The van der Waals surface area contributed by atoms with Gasteiger partial charge in [-0.25, -0.2) is 0 Å². The lowest BCUT2D eigenvalue weighted by Gasteiger charge is -2.16. The van der Waals surface area contributed by atoms with Crippen molar-refractivity contribution in [1.82, 2.24) is 0 Å². The van der Waals surface area contributed by atoms with Crippen molar-refractivity contribution >= 4 is 17.6 Å². The van der Waals surface area contributed by atoms with Crippen molar-refractivity contribution in [2.24, 2.45) is 0 Å². The van der Waals surface area contributed by atoms with E-state index in [9.17, 15) is 4.79 Å². The van der Waals surface area contributed by atoms with E-state index in [0.29, 0.717) is 12.5 Å². The molecule has 1 atom stereocenters. The minimum Gasteiger partial charge on any atom is -0.481 e. The number of hydrogen-bond donors (Lipinski definition) is 1. The summed E-state index contributed by atoms with van der Waals surface area (Å²) < 4.78 is 5.51. The van der Waals surface area contributed by atoms with E-state index < -0.39 is 5.97 Å². The molecule has 0 saturated carbocycles. The topological polar surface area (TPSA) is 46.5 Å². The Bertz CT molecular complexity index is 313. The molecule has 88 valence electrons. The second-order valence-corrected chi connectivity index (χ2v) is 3.79. The van der Waals surface area contributed by atoms with Crippen LogP contribution in [0.1, 0.15) is 24.5 Å². The number of alkyl halides is 1. The van der Waals surface area contributed by atoms with E-state index in [0.717, 1.165) is 12.0 Å². The molecule has 0 aromatic heterocycles. The van der Waals surface area contributed by atoms with Crippen molar-refractivity contribution in [3.05, 3.63) is 35.9 Å². The molecule has 0 saturated heterocycles. The lowest BCUT2D eigenvalue weighted by Crippen LogP contribution is -2.11. The number of carbonyl (C=O) groups is 1. The largest absolute Gasteiger partial charge is 0.481 e. The molecule has 0 radical (unpaired) electrons. The van der Waals surface area contributed by atoms with Crippen LogP contribution in [0.15, 0.2) is 30.3 Å². The van der Waals surface area contributed by atoms with Crippen LogP contribution in [0.25, 0.3) is 0 Å². The summed E-state index contributed by atoms with van der Waals surface area (Å²) in [5.74, 6) is -0.339. The molecule has 1 aromatic carbocycles. The van der Waals surface area contributed by atoms with E-state index in [1.165, 1.54) is 0 Å². The Morgan fingerprint density at radius 2 is 2.06 bits per heavy atom. The van der Waals surface area contributed by atoms with E-state index in [2.05, 4.69) is 0 Å². The predicted octanol–water partition coefficient (Wildman–Crippen LogP) is 2.85. The number of halogens is 1. The van der Waals surface area contributed by atoms with E-state index in [4.69, 9.17) is 21.4 Å². The van der Waals surface area contributed by atoms with E-state index in [1.54, 1.807) is 0 Å². The molecule has 1 unspecified atom stereocenters. The van der Waals surface area contributed by atoms with E-state index >= 15 is 0 Å². The summed E-state index contributed by atoms with van der Waals surface area (Å²) in [5.41, 5.74) is 0.888. The van der Waals surface area contributed by atoms with Crippen molar-refractivity contribution in [3.63, 3.8) is 0 Å². The monoisotopic (exact) mass is 242 g/mol. The molecule has 0 spiro atoms. The SMILES string of the molecule is O=C(O)CC(OCCCCl)c1ccccc1. The summed E-state index contributed by atoms with van der Waals surface area (Å²) in [4.78, 5) is 10.7. The Balaban J connectivity index is 2.60. The van der Waals surface area contributed by atoms with Crippen molar-refractivity contribution in [2.75, 3.05) is 12.5 Å². The first-order valence-electron chi connectivity index (χ1n) is 5.18. The van der Waals surface area contributed by atoms with Gasteiger partial charge >= 0.3 is 5.97 Å². The molecule has 1 rings (SSSR count). The minimum absolute atomic E-state index is 0.0215. The number of benzene rings is 1. The van der Waals surface area contributed by atoms with Gasteiger partial charge in [0, 0.05) is 12.5 Å². The Labute approximate surface area is 100.0 Å². The number of carboxylic acids is 1. The van der Waals surface area contributed by atoms with Crippen LogP contribution >= 0.6 is 11.6 Å². The molecule has 0 fully saturated rings. The average molecular weight is 243 g/mol. The number of rotatable bonds is 7. The fourth-order valence-electron chi connectivity index (χ4n) is 1.38. The van der Waals surface area contributed by atoms with Gasteiger partial charge in [-0.2, -0.15) is 0 Å². The van der Waals surface area contributed by atoms with Crippen LogP contribution in [0.2, 0.25) is 0 Å². The molecule has 16 heavy (non-hydrogen) atoms. The second kappa shape index (κ2) is 7.25. The summed E-state index contributed by atoms with van der Waals surface area (Å²) in [6.45, 7) is 0.482. The van der Waals surface area contributed by atoms with Gasteiger partial charge in [0.1, 0.15) is 0 Å². The third-order valence-corrected chi connectivity index (χ3v) is 2.40. The molecule has 0 amide bonds. The highest BCUT2D eigenvalue weighted by molar-refractivity contribution is 6.17. The molecule has 0 aliphatic rings. The van der Waals surface area contributed by atoms with Gasteiger partial charge in [-0.3, -0.25) is 4.79 Å². The first-order chi connectivity index (χ1) is 7.74. The summed E-state index contributed by atoms with van der Waals surface area (Å²) >= 11 is 5.54. The van der Waals surface area contributed by atoms with Gasteiger partial charge in [0.2, 0.25) is 0 Å². The maximum Gasteiger partial charge on any atom is 0.306 e. The maximum atomic E-state index is 10.7. The molecule has 0 aliphatic heterocycles. The zero-order chi connectivity index (χ0) is 11.8. The van der Waals surface area contributed by atoms with Crippen molar-refractivity contribution in [1.29, 1.82) is 0 Å². The first kappa shape index (κ1) is 13.0. The van der Waals surface area contributed by atoms with Gasteiger partial charge in [0.15, 0.2) is 0 Å². The van der Waals surface area contributed by atoms with Gasteiger partial charge in [0.05, 0.1) is 12.5 Å². The fourth-order valence-corrected chi connectivity index (χ4v) is 1.49. The van der Waals surface area contributed by atoms with Crippen molar-refractivity contribution < 1.29 is 14.6 Å². The summed E-state index contributed by atoms with van der Waals surface area (Å²) in [6.07, 6.45) is 0.318. The van der Waals surface area contributed by atoms with Gasteiger partial charge in [0.25, 0.3) is 0 Å². The number of carboxylic acid groups (broad SMARTS) is 1. The molecular weight excluding hydrogens is 228 g/mol. The zero-order valence-electron chi connectivity index (χ0n) is 8.93. The Morgan fingerprint density at radius 3 is 2.62 bits per heavy atom. The third-order valence-electron chi connectivity index (χ3n) is 2.13. The quantitative estimate of drug-likeness (QED) is 0.591. The normalized spacial score (nSPS) is 12.3. The third kappa shape index (κ3) is 4.64. The molecule has 0 aliphatic carbocycles. The zero-order valence-corrected chi connectivity index (χ0v) is 9.69. The molecule has 3 nitrogen and oxygen atoms in total. The highest BCUT2D eigenvalue weighted by Gasteiger charge is 2.15. The van der Waals surface area contributed by atoms with E-state index in [1.807, 2.05) is 30.3 Å². The standard InChI is InChI=1S/C12H15ClO3/c13-7-4-8-16-11(9-12(14)15)10-5-2-1-3-6-10/h1-3,5-6,11H,4,7-9H2,(H,14,15). The smallest absolute Gasteiger partial charge is 0.306 e. The van der Waals surface area contributed by atoms with Gasteiger partial charge in [-0.05, 0) is 12.0 Å². The minimum atomic E-state index is -0.861. The molecule has 1 N–H and O–H groups in total. The fraction of sp³-hybridized carbons (Fsp3) is 0.417. The predicted molar refractivity (Wildman–Crippen MR) is 62.7 cm³/mol. The van der Waals surface area contributed by atoms with Gasteiger partial charge < -0.3 is 9.84 Å². The molecule has 0 bridgehead atoms. The lowest BCUT2D eigenvalue weighted by molar-refractivity contribution is -0.140. The van der Waals surface area contributed by atoms with Crippen LogP contribution in [-0.2, 0) is 9.53 Å². The summed E-state index contributed by atoms with van der Waals surface area (Å²) in [7, 11) is 0. The van der Waals surface area contributed by atoms with Crippen LogP contribution in [0.5, 0.6) is 0 Å². The van der Waals surface area contributed by atoms with Crippen LogP contribution in [0.4, 0.5) is 0 Å². The van der Waals surface area contributed by atoms with Crippen molar-refractivity contribution in [3.8, 4) is 0 Å². The van der Waals surface area contributed by atoms with Crippen molar-refractivity contribution in [2.45, 2.75) is 18.9 Å². The van der Waals surface area contributed by atoms with Crippen LogP contribution in [0, 0.1) is 0 Å². The molecule has 4 heteroatoms.